The van der Waals surface area contributed by atoms with E-state index in [9.17, 15) is 4.79 Å². The van der Waals surface area contributed by atoms with Crippen LogP contribution in [-0.4, -0.2) is 25.2 Å². The van der Waals surface area contributed by atoms with E-state index in [1.807, 2.05) is 0 Å². The summed E-state index contributed by atoms with van der Waals surface area (Å²) in [5.74, 6) is 1.21. The van der Waals surface area contributed by atoms with E-state index in [1.54, 1.807) is 18.2 Å². The van der Waals surface area contributed by atoms with Crippen LogP contribution in [0.25, 0.3) is 0 Å². The van der Waals surface area contributed by atoms with Gasteiger partial charge < -0.3 is 10.1 Å². The van der Waals surface area contributed by atoms with Gasteiger partial charge in [0.05, 0.1) is 17.7 Å². The maximum atomic E-state index is 15.0. The lowest BCUT2D eigenvalue weighted by atomic mass is 9.48. The molecule has 1 amide bonds. The van der Waals surface area contributed by atoms with Crippen molar-refractivity contribution in [1.82, 2.24) is 5.32 Å². The van der Waals surface area contributed by atoms with Crippen LogP contribution in [0.5, 0.6) is 5.75 Å². The van der Waals surface area contributed by atoms with E-state index >= 15 is 4.39 Å². The Bertz CT molecular complexity index is 663. The largest absolute Gasteiger partial charge is 0.496 e. The SMILES string of the molecule is COc1cccc(Cl)c1C(=O)NCC12CC3CC(CC(F)(C3)C1)C2. The van der Waals surface area contributed by atoms with Crippen molar-refractivity contribution in [1.29, 1.82) is 0 Å². The van der Waals surface area contributed by atoms with E-state index < -0.39 is 5.67 Å². The van der Waals surface area contributed by atoms with Gasteiger partial charge in [-0.25, -0.2) is 4.39 Å². The van der Waals surface area contributed by atoms with Crippen LogP contribution in [0.1, 0.15) is 48.9 Å². The number of methoxy groups -OCH3 is 1. The van der Waals surface area contributed by atoms with Crippen molar-refractivity contribution in [2.75, 3.05) is 13.7 Å². The molecule has 130 valence electrons. The second kappa shape index (κ2) is 5.62. The molecule has 1 N–H and O–H groups in total. The number of carbonyl (C=O) groups excluding carboxylic acids is 1. The van der Waals surface area contributed by atoms with Gasteiger partial charge in [-0.1, -0.05) is 17.7 Å². The summed E-state index contributed by atoms with van der Waals surface area (Å²) in [7, 11) is 1.52. The molecule has 5 rings (SSSR count). The lowest BCUT2D eigenvalue weighted by Crippen LogP contribution is -2.57. The minimum absolute atomic E-state index is 0.0804. The number of carbonyl (C=O) groups is 1. The van der Waals surface area contributed by atoms with Crippen LogP contribution in [0, 0.1) is 17.3 Å². The highest BCUT2D eigenvalue weighted by Gasteiger charge is 2.58. The van der Waals surface area contributed by atoms with Crippen LogP contribution in [0.3, 0.4) is 0 Å². The zero-order chi connectivity index (χ0) is 16.9. The van der Waals surface area contributed by atoms with Crippen LogP contribution in [0.4, 0.5) is 4.39 Å². The number of amides is 1. The Morgan fingerprint density at radius 3 is 2.67 bits per heavy atom. The van der Waals surface area contributed by atoms with Gasteiger partial charge in [-0.15, -0.1) is 0 Å². The summed E-state index contributed by atoms with van der Waals surface area (Å²) in [5, 5.41) is 3.39. The van der Waals surface area contributed by atoms with E-state index in [4.69, 9.17) is 16.3 Å². The molecule has 1 aromatic rings. The number of hydrogen-bond acceptors (Lipinski definition) is 2. The molecule has 5 heteroatoms. The van der Waals surface area contributed by atoms with E-state index in [-0.39, 0.29) is 11.3 Å². The maximum absolute atomic E-state index is 15.0. The van der Waals surface area contributed by atoms with Gasteiger partial charge in [0.25, 0.3) is 5.91 Å². The number of hydrogen-bond donors (Lipinski definition) is 1. The summed E-state index contributed by atoms with van der Waals surface area (Å²) in [6.45, 7) is 0.527. The van der Waals surface area contributed by atoms with Crippen molar-refractivity contribution in [3.63, 3.8) is 0 Å². The van der Waals surface area contributed by atoms with E-state index in [1.165, 1.54) is 13.5 Å². The monoisotopic (exact) mass is 351 g/mol. The number of ether oxygens (including phenoxy) is 1. The molecular weight excluding hydrogens is 329 g/mol. The number of alkyl halides is 1. The Morgan fingerprint density at radius 2 is 2.04 bits per heavy atom. The summed E-state index contributed by atoms with van der Waals surface area (Å²) in [5.41, 5.74) is -0.721. The second-order valence-electron chi connectivity index (χ2n) is 8.11. The minimum Gasteiger partial charge on any atom is -0.496 e. The second-order valence-corrected chi connectivity index (χ2v) is 8.52. The van der Waals surface area contributed by atoms with Crippen molar-refractivity contribution in [2.24, 2.45) is 17.3 Å². The molecule has 4 fully saturated rings. The molecule has 4 aliphatic carbocycles. The zero-order valence-electron chi connectivity index (χ0n) is 13.9. The minimum atomic E-state index is -1.00. The van der Waals surface area contributed by atoms with Gasteiger partial charge in [0.2, 0.25) is 0 Å². The first-order valence-electron chi connectivity index (χ1n) is 8.72. The molecule has 1 aromatic carbocycles. The number of benzene rings is 1. The molecule has 0 aromatic heterocycles. The fourth-order valence-corrected chi connectivity index (χ4v) is 6.05. The number of nitrogens with one attached hydrogen (secondary N) is 1. The fourth-order valence-electron chi connectivity index (χ4n) is 5.79. The van der Waals surface area contributed by atoms with Crippen molar-refractivity contribution in [3.8, 4) is 5.75 Å². The third kappa shape index (κ3) is 2.69. The Labute approximate surface area is 146 Å². The summed E-state index contributed by atoms with van der Waals surface area (Å²) in [4.78, 5) is 12.6. The van der Waals surface area contributed by atoms with E-state index in [0.717, 1.165) is 25.7 Å². The summed E-state index contributed by atoms with van der Waals surface area (Å²) < 4.78 is 20.3. The average Bonchev–Trinajstić information content (AvgIpc) is 2.50. The van der Waals surface area contributed by atoms with Crippen LogP contribution >= 0.6 is 11.6 Å². The van der Waals surface area contributed by atoms with E-state index in [0.29, 0.717) is 41.1 Å². The first kappa shape index (κ1) is 16.2. The molecule has 4 aliphatic rings. The Balaban J connectivity index is 1.50. The van der Waals surface area contributed by atoms with Crippen molar-refractivity contribution in [3.05, 3.63) is 28.8 Å². The highest BCUT2D eigenvalue weighted by Crippen LogP contribution is 2.62. The normalized spacial score (nSPS) is 36.6. The highest BCUT2D eigenvalue weighted by atomic mass is 35.5. The Kier molecular flexibility index (Phi) is 3.79. The Hall–Kier alpha value is -1.29. The van der Waals surface area contributed by atoms with Crippen LogP contribution in [0.2, 0.25) is 5.02 Å². The maximum Gasteiger partial charge on any atom is 0.256 e. The molecule has 0 heterocycles. The van der Waals surface area contributed by atoms with Gasteiger partial charge in [0.1, 0.15) is 11.4 Å². The van der Waals surface area contributed by atoms with Crippen LogP contribution in [-0.2, 0) is 0 Å². The molecule has 0 aliphatic heterocycles. The Morgan fingerprint density at radius 1 is 1.33 bits per heavy atom. The van der Waals surface area contributed by atoms with E-state index in [2.05, 4.69) is 5.32 Å². The average molecular weight is 352 g/mol. The quantitative estimate of drug-likeness (QED) is 0.873. The zero-order valence-corrected chi connectivity index (χ0v) is 14.7. The van der Waals surface area contributed by atoms with Crippen LogP contribution < -0.4 is 10.1 Å². The predicted molar refractivity (Wildman–Crippen MR) is 91.3 cm³/mol. The van der Waals surface area contributed by atoms with Gasteiger partial charge in [0, 0.05) is 6.54 Å². The first-order chi connectivity index (χ1) is 11.4. The number of rotatable bonds is 4. The van der Waals surface area contributed by atoms with Crippen molar-refractivity contribution >= 4 is 17.5 Å². The van der Waals surface area contributed by atoms with Gasteiger partial charge in [-0.05, 0) is 67.9 Å². The summed E-state index contributed by atoms with van der Waals surface area (Å²) in [6.07, 6.45) is 5.27. The standard InChI is InChI=1S/C19H23ClFNO2/c1-24-15-4-2-3-14(20)16(15)17(23)22-11-18-6-12-5-13(7-18)9-19(21,8-12)10-18/h2-4,12-13H,5-11H2,1H3,(H,22,23). The van der Waals surface area contributed by atoms with Gasteiger partial charge >= 0.3 is 0 Å². The first-order valence-corrected chi connectivity index (χ1v) is 9.09. The molecule has 0 radical (unpaired) electrons. The molecule has 2 atom stereocenters. The topological polar surface area (TPSA) is 38.3 Å². The molecule has 24 heavy (non-hydrogen) atoms. The summed E-state index contributed by atoms with van der Waals surface area (Å²) >= 11 is 6.18. The van der Waals surface area contributed by atoms with Crippen LogP contribution in [0.15, 0.2) is 18.2 Å². The molecular formula is C19H23ClFNO2. The molecule has 3 nitrogen and oxygen atoms in total. The third-order valence-corrected chi connectivity index (χ3v) is 6.47. The van der Waals surface area contributed by atoms with Crippen molar-refractivity contribution in [2.45, 2.75) is 44.2 Å². The molecule has 2 unspecified atom stereocenters. The molecule has 4 bridgehead atoms. The molecule has 4 saturated carbocycles. The molecule has 0 saturated heterocycles. The third-order valence-electron chi connectivity index (χ3n) is 6.16. The highest BCUT2D eigenvalue weighted by molar-refractivity contribution is 6.34. The smallest absolute Gasteiger partial charge is 0.256 e. The number of halogens is 2. The molecule has 0 spiro atoms. The lowest BCUT2D eigenvalue weighted by molar-refractivity contribution is -0.121. The fraction of sp³-hybridized carbons (Fsp3) is 0.632. The van der Waals surface area contributed by atoms with Crippen molar-refractivity contribution < 1.29 is 13.9 Å². The summed E-state index contributed by atoms with van der Waals surface area (Å²) in [6, 6.07) is 5.16. The van der Waals surface area contributed by atoms with Gasteiger partial charge in [-0.3, -0.25) is 4.79 Å². The lowest BCUT2D eigenvalue weighted by Gasteiger charge is -2.59. The van der Waals surface area contributed by atoms with Gasteiger partial charge in [-0.2, -0.15) is 0 Å². The predicted octanol–water partition coefficient (Wildman–Crippen LogP) is 4.39. The van der Waals surface area contributed by atoms with Gasteiger partial charge in [0.15, 0.2) is 0 Å².